The van der Waals surface area contributed by atoms with Crippen LogP contribution in [0.1, 0.15) is 11.8 Å². The molecule has 0 saturated carbocycles. The minimum atomic E-state index is 0.135. The summed E-state index contributed by atoms with van der Waals surface area (Å²) in [4.78, 5) is 3.74. The fourth-order valence-corrected chi connectivity index (χ4v) is 2.45. The van der Waals surface area contributed by atoms with Crippen molar-refractivity contribution in [2.45, 2.75) is 25.5 Å². The maximum Gasteiger partial charge on any atom is 0.0820 e. The van der Waals surface area contributed by atoms with Gasteiger partial charge >= 0.3 is 0 Å². The van der Waals surface area contributed by atoms with E-state index in [0.717, 1.165) is 13.0 Å². The van der Waals surface area contributed by atoms with Gasteiger partial charge in [-0.25, -0.2) is 0 Å². The smallest absolute Gasteiger partial charge is 0.0820 e. The van der Waals surface area contributed by atoms with Crippen molar-refractivity contribution in [2.75, 3.05) is 27.2 Å². The van der Waals surface area contributed by atoms with E-state index in [4.69, 9.17) is 10.5 Å². The SMILES string of the molecule is COC(CN)CN(C)C(C)Cc1cccs1. The fourth-order valence-electron chi connectivity index (χ4n) is 1.62. The molecule has 3 nitrogen and oxygen atoms in total. The highest BCUT2D eigenvalue weighted by Gasteiger charge is 2.14. The number of rotatable bonds is 7. The Morgan fingerprint density at radius 1 is 1.56 bits per heavy atom. The Morgan fingerprint density at radius 2 is 2.31 bits per heavy atom. The summed E-state index contributed by atoms with van der Waals surface area (Å²) in [5.41, 5.74) is 5.62. The minimum absolute atomic E-state index is 0.135. The van der Waals surface area contributed by atoms with Crippen LogP contribution < -0.4 is 5.73 Å². The highest BCUT2D eigenvalue weighted by Crippen LogP contribution is 2.13. The molecule has 0 aliphatic heterocycles. The molecule has 0 aromatic carbocycles. The number of likely N-dealkylation sites (N-methyl/N-ethyl adjacent to an activating group) is 1. The van der Waals surface area contributed by atoms with Crippen LogP contribution in [0.5, 0.6) is 0 Å². The number of nitrogens with two attached hydrogens (primary N) is 1. The van der Waals surface area contributed by atoms with E-state index in [1.54, 1.807) is 7.11 Å². The molecule has 0 fully saturated rings. The van der Waals surface area contributed by atoms with E-state index in [1.807, 2.05) is 11.3 Å². The van der Waals surface area contributed by atoms with Crippen LogP contribution in [0.2, 0.25) is 0 Å². The first-order valence-corrected chi connectivity index (χ1v) is 6.50. The molecular weight excluding hydrogens is 220 g/mol. The van der Waals surface area contributed by atoms with Crippen molar-refractivity contribution in [1.29, 1.82) is 0 Å². The van der Waals surface area contributed by atoms with Crippen LogP contribution in [-0.4, -0.2) is 44.3 Å². The van der Waals surface area contributed by atoms with Gasteiger partial charge in [-0.15, -0.1) is 11.3 Å². The highest BCUT2D eigenvalue weighted by atomic mass is 32.1. The number of methoxy groups -OCH3 is 1. The lowest BCUT2D eigenvalue weighted by molar-refractivity contribution is 0.0672. The highest BCUT2D eigenvalue weighted by molar-refractivity contribution is 7.09. The topological polar surface area (TPSA) is 38.5 Å². The number of nitrogens with zero attached hydrogens (tertiary/aromatic N) is 1. The van der Waals surface area contributed by atoms with E-state index in [2.05, 4.69) is 36.4 Å². The van der Waals surface area contributed by atoms with E-state index in [9.17, 15) is 0 Å². The van der Waals surface area contributed by atoms with Crippen molar-refractivity contribution in [3.05, 3.63) is 22.4 Å². The lowest BCUT2D eigenvalue weighted by Gasteiger charge is -2.27. The predicted molar refractivity (Wildman–Crippen MR) is 70.0 cm³/mol. The van der Waals surface area contributed by atoms with Crippen LogP contribution in [0, 0.1) is 0 Å². The van der Waals surface area contributed by atoms with Gasteiger partial charge in [0.15, 0.2) is 0 Å². The maximum atomic E-state index is 5.62. The van der Waals surface area contributed by atoms with Gasteiger partial charge in [-0.2, -0.15) is 0 Å². The van der Waals surface area contributed by atoms with E-state index in [0.29, 0.717) is 12.6 Å². The second-order valence-electron chi connectivity index (χ2n) is 4.17. The molecule has 4 heteroatoms. The molecule has 16 heavy (non-hydrogen) atoms. The standard InChI is InChI=1S/C12H22N2OS/c1-10(7-12-5-4-6-16-12)14(2)9-11(8-13)15-3/h4-6,10-11H,7-9,13H2,1-3H3. The van der Waals surface area contributed by atoms with E-state index < -0.39 is 0 Å². The molecule has 2 unspecified atom stereocenters. The van der Waals surface area contributed by atoms with Crippen molar-refractivity contribution in [3.63, 3.8) is 0 Å². The van der Waals surface area contributed by atoms with Crippen molar-refractivity contribution in [1.82, 2.24) is 4.90 Å². The molecule has 0 bridgehead atoms. The van der Waals surface area contributed by atoms with Gasteiger partial charge in [0, 0.05) is 31.1 Å². The summed E-state index contributed by atoms with van der Waals surface area (Å²) in [6.07, 6.45) is 1.23. The zero-order valence-corrected chi connectivity index (χ0v) is 11.2. The second-order valence-corrected chi connectivity index (χ2v) is 5.20. The number of ether oxygens (including phenoxy) is 1. The number of hydrogen-bond donors (Lipinski definition) is 1. The molecule has 2 atom stereocenters. The Hall–Kier alpha value is -0.420. The van der Waals surface area contributed by atoms with Crippen molar-refractivity contribution in [3.8, 4) is 0 Å². The van der Waals surface area contributed by atoms with Crippen LogP contribution in [0.3, 0.4) is 0 Å². The van der Waals surface area contributed by atoms with Gasteiger partial charge < -0.3 is 15.4 Å². The molecule has 0 radical (unpaired) electrons. The molecule has 1 heterocycles. The van der Waals surface area contributed by atoms with E-state index in [1.165, 1.54) is 4.88 Å². The van der Waals surface area contributed by atoms with Crippen LogP contribution in [-0.2, 0) is 11.2 Å². The Bertz CT molecular complexity index is 273. The van der Waals surface area contributed by atoms with Gasteiger partial charge in [-0.3, -0.25) is 0 Å². The number of thiophene rings is 1. The predicted octanol–water partition coefficient (Wildman–Crippen LogP) is 1.58. The minimum Gasteiger partial charge on any atom is -0.379 e. The zero-order valence-electron chi connectivity index (χ0n) is 10.3. The van der Waals surface area contributed by atoms with Gasteiger partial charge in [0.2, 0.25) is 0 Å². The Kier molecular flexibility index (Phi) is 5.98. The molecule has 0 saturated heterocycles. The van der Waals surface area contributed by atoms with Crippen LogP contribution in [0.15, 0.2) is 17.5 Å². The normalized spacial score (nSPS) is 15.3. The lowest BCUT2D eigenvalue weighted by atomic mass is 10.1. The van der Waals surface area contributed by atoms with Gasteiger partial charge in [0.25, 0.3) is 0 Å². The summed E-state index contributed by atoms with van der Waals surface area (Å²) in [5, 5.41) is 2.12. The molecule has 92 valence electrons. The van der Waals surface area contributed by atoms with Crippen molar-refractivity contribution < 1.29 is 4.74 Å². The molecule has 0 amide bonds. The molecule has 1 aromatic rings. The van der Waals surface area contributed by atoms with Gasteiger partial charge in [-0.05, 0) is 31.8 Å². The van der Waals surface area contributed by atoms with Gasteiger partial charge in [0.1, 0.15) is 0 Å². The summed E-state index contributed by atoms with van der Waals surface area (Å²) in [7, 11) is 3.84. The van der Waals surface area contributed by atoms with Crippen LogP contribution in [0.4, 0.5) is 0 Å². The van der Waals surface area contributed by atoms with Crippen molar-refractivity contribution >= 4 is 11.3 Å². The summed E-state index contributed by atoms with van der Waals surface area (Å²) in [6.45, 7) is 3.70. The molecule has 1 rings (SSSR count). The monoisotopic (exact) mass is 242 g/mol. The maximum absolute atomic E-state index is 5.62. The molecular formula is C12H22N2OS. The largest absolute Gasteiger partial charge is 0.379 e. The summed E-state index contributed by atoms with van der Waals surface area (Å²) in [5.74, 6) is 0. The quantitative estimate of drug-likeness (QED) is 0.789. The number of hydrogen-bond acceptors (Lipinski definition) is 4. The molecule has 1 aromatic heterocycles. The third kappa shape index (κ3) is 4.22. The average molecular weight is 242 g/mol. The first-order chi connectivity index (χ1) is 7.67. The average Bonchev–Trinajstić information content (AvgIpc) is 2.78. The molecule has 0 aliphatic carbocycles. The van der Waals surface area contributed by atoms with E-state index >= 15 is 0 Å². The molecule has 0 spiro atoms. The lowest BCUT2D eigenvalue weighted by Crippen LogP contribution is -2.40. The van der Waals surface area contributed by atoms with E-state index in [-0.39, 0.29) is 6.10 Å². The van der Waals surface area contributed by atoms with Gasteiger partial charge in [-0.1, -0.05) is 6.07 Å². The van der Waals surface area contributed by atoms with Crippen LogP contribution in [0.25, 0.3) is 0 Å². The Balaban J connectivity index is 2.38. The zero-order chi connectivity index (χ0) is 12.0. The third-order valence-corrected chi connectivity index (χ3v) is 3.82. The fraction of sp³-hybridized carbons (Fsp3) is 0.667. The third-order valence-electron chi connectivity index (χ3n) is 2.92. The van der Waals surface area contributed by atoms with Crippen molar-refractivity contribution in [2.24, 2.45) is 5.73 Å². The summed E-state index contributed by atoms with van der Waals surface area (Å²) in [6, 6.07) is 4.80. The summed E-state index contributed by atoms with van der Waals surface area (Å²) >= 11 is 1.82. The molecule has 2 N–H and O–H groups in total. The molecule has 0 aliphatic rings. The Labute approximate surface area is 102 Å². The first-order valence-electron chi connectivity index (χ1n) is 5.62. The Morgan fingerprint density at radius 3 is 2.81 bits per heavy atom. The first kappa shape index (κ1) is 13.6. The van der Waals surface area contributed by atoms with Crippen LogP contribution >= 0.6 is 11.3 Å². The second kappa shape index (κ2) is 7.01. The summed E-state index contributed by atoms with van der Waals surface area (Å²) < 4.78 is 5.29. The van der Waals surface area contributed by atoms with Gasteiger partial charge in [0.05, 0.1) is 6.10 Å².